The summed E-state index contributed by atoms with van der Waals surface area (Å²) in [7, 11) is 0. The Balaban J connectivity index is 2.36. The maximum atomic E-state index is 11.0. The molecule has 1 aliphatic carbocycles. The number of aryl methyl sites for hydroxylation is 1. The van der Waals surface area contributed by atoms with Crippen LogP contribution in [0.2, 0.25) is 0 Å². The van der Waals surface area contributed by atoms with E-state index >= 15 is 0 Å². The first-order valence-electron chi connectivity index (χ1n) is 5.26. The monoisotopic (exact) mass is 192 g/mol. The van der Waals surface area contributed by atoms with Crippen LogP contribution in [0.25, 0.3) is 0 Å². The van der Waals surface area contributed by atoms with Gasteiger partial charge in [-0.1, -0.05) is 13.8 Å². The van der Waals surface area contributed by atoms with E-state index in [-0.39, 0.29) is 0 Å². The highest BCUT2D eigenvalue weighted by molar-refractivity contribution is 5.75. The van der Waals surface area contributed by atoms with Crippen LogP contribution in [0.15, 0.2) is 0 Å². The maximum Gasteiger partial charge on any atom is 0.168 e. The zero-order valence-corrected chi connectivity index (χ0v) is 8.79. The molecule has 0 amide bonds. The Morgan fingerprint density at radius 2 is 2.29 bits per heavy atom. The van der Waals surface area contributed by atoms with Gasteiger partial charge in [0.15, 0.2) is 6.29 Å². The van der Waals surface area contributed by atoms with Gasteiger partial charge in [0.1, 0.15) is 5.69 Å². The SMILES string of the molecule is CC(C)Cn1nc2c(c1C=O)CCC2. The fourth-order valence-electron chi connectivity index (χ4n) is 2.09. The van der Waals surface area contributed by atoms with Crippen LogP contribution in [0.3, 0.4) is 0 Å². The van der Waals surface area contributed by atoms with Gasteiger partial charge in [-0.2, -0.15) is 5.10 Å². The molecule has 2 rings (SSSR count). The fourth-order valence-corrected chi connectivity index (χ4v) is 2.09. The first-order chi connectivity index (χ1) is 6.72. The predicted octanol–water partition coefficient (Wildman–Crippen LogP) is 1.84. The summed E-state index contributed by atoms with van der Waals surface area (Å²) in [6.07, 6.45) is 4.18. The van der Waals surface area contributed by atoms with Crippen molar-refractivity contribution < 1.29 is 4.79 Å². The minimum absolute atomic E-state index is 0.536. The molecule has 0 unspecified atom stereocenters. The summed E-state index contributed by atoms with van der Waals surface area (Å²) in [5, 5.41) is 4.49. The molecule has 0 radical (unpaired) electrons. The van der Waals surface area contributed by atoms with Gasteiger partial charge in [0, 0.05) is 12.1 Å². The van der Waals surface area contributed by atoms with E-state index in [1.54, 1.807) is 0 Å². The van der Waals surface area contributed by atoms with Crippen molar-refractivity contribution in [2.24, 2.45) is 5.92 Å². The van der Waals surface area contributed by atoms with Gasteiger partial charge in [0.2, 0.25) is 0 Å². The van der Waals surface area contributed by atoms with Crippen LogP contribution >= 0.6 is 0 Å². The lowest BCUT2D eigenvalue weighted by Crippen LogP contribution is -2.10. The molecule has 3 heteroatoms. The van der Waals surface area contributed by atoms with Crippen molar-refractivity contribution in [3.05, 3.63) is 17.0 Å². The first-order valence-corrected chi connectivity index (χ1v) is 5.26. The zero-order chi connectivity index (χ0) is 10.1. The van der Waals surface area contributed by atoms with Gasteiger partial charge in [-0.3, -0.25) is 9.48 Å². The molecule has 0 saturated carbocycles. The molecule has 0 fully saturated rings. The summed E-state index contributed by atoms with van der Waals surface area (Å²) in [6.45, 7) is 5.13. The normalized spacial score (nSPS) is 14.8. The lowest BCUT2D eigenvalue weighted by molar-refractivity contribution is 0.111. The average molecular weight is 192 g/mol. The first kappa shape index (κ1) is 9.44. The van der Waals surface area contributed by atoms with Gasteiger partial charge in [-0.25, -0.2) is 0 Å². The predicted molar refractivity (Wildman–Crippen MR) is 54.5 cm³/mol. The molecular weight excluding hydrogens is 176 g/mol. The number of aromatic nitrogens is 2. The van der Waals surface area contributed by atoms with Crippen molar-refractivity contribution in [1.82, 2.24) is 9.78 Å². The van der Waals surface area contributed by atoms with E-state index in [1.165, 1.54) is 5.56 Å². The molecule has 76 valence electrons. The second-order valence-corrected chi connectivity index (χ2v) is 4.36. The molecule has 3 nitrogen and oxygen atoms in total. The lowest BCUT2D eigenvalue weighted by atomic mass is 10.2. The molecule has 0 N–H and O–H groups in total. The van der Waals surface area contributed by atoms with E-state index < -0.39 is 0 Å². The standard InChI is InChI=1S/C11H16N2O/c1-8(2)6-13-11(7-14)9-4-3-5-10(9)12-13/h7-8H,3-6H2,1-2H3. The Hall–Kier alpha value is -1.12. The van der Waals surface area contributed by atoms with Gasteiger partial charge in [-0.05, 0) is 25.2 Å². The smallest absolute Gasteiger partial charge is 0.168 e. The molecule has 0 spiro atoms. The van der Waals surface area contributed by atoms with Crippen molar-refractivity contribution in [1.29, 1.82) is 0 Å². The third-order valence-corrected chi connectivity index (χ3v) is 2.67. The summed E-state index contributed by atoms with van der Waals surface area (Å²) in [5.74, 6) is 0.536. The lowest BCUT2D eigenvalue weighted by Gasteiger charge is -2.07. The average Bonchev–Trinajstić information content (AvgIpc) is 2.62. The highest BCUT2D eigenvalue weighted by Crippen LogP contribution is 2.24. The molecule has 14 heavy (non-hydrogen) atoms. The van der Waals surface area contributed by atoms with E-state index in [0.29, 0.717) is 5.92 Å². The highest BCUT2D eigenvalue weighted by atomic mass is 16.1. The Labute approximate surface area is 84.1 Å². The van der Waals surface area contributed by atoms with Crippen LogP contribution in [0.1, 0.15) is 42.0 Å². The quantitative estimate of drug-likeness (QED) is 0.685. The number of hydrogen-bond donors (Lipinski definition) is 0. The Kier molecular flexibility index (Phi) is 2.40. The van der Waals surface area contributed by atoms with Gasteiger partial charge in [0.05, 0.1) is 5.69 Å². The van der Waals surface area contributed by atoms with Crippen molar-refractivity contribution >= 4 is 6.29 Å². The van der Waals surface area contributed by atoms with Crippen LogP contribution in [0.4, 0.5) is 0 Å². The van der Waals surface area contributed by atoms with Crippen LogP contribution in [-0.4, -0.2) is 16.1 Å². The maximum absolute atomic E-state index is 11.0. The van der Waals surface area contributed by atoms with Gasteiger partial charge >= 0.3 is 0 Å². The van der Waals surface area contributed by atoms with Crippen molar-refractivity contribution in [3.63, 3.8) is 0 Å². The van der Waals surface area contributed by atoms with E-state index in [0.717, 1.165) is 43.5 Å². The highest BCUT2D eigenvalue weighted by Gasteiger charge is 2.21. The van der Waals surface area contributed by atoms with Crippen LogP contribution in [-0.2, 0) is 19.4 Å². The van der Waals surface area contributed by atoms with Crippen molar-refractivity contribution in [2.75, 3.05) is 0 Å². The molecule has 1 heterocycles. The van der Waals surface area contributed by atoms with Crippen LogP contribution < -0.4 is 0 Å². The van der Waals surface area contributed by atoms with Crippen molar-refractivity contribution in [2.45, 2.75) is 39.7 Å². The Bertz CT molecular complexity index is 352. The molecule has 0 saturated heterocycles. The number of aldehydes is 1. The van der Waals surface area contributed by atoms with E-state index in [4.69, 9.17) is 0 Å². The molecule has 0 atom stereocenters. The third-order valence-electron chi connectivity index (χ3n) is 2.67. The van der Waals surface area contributed by atoms with E-state index in [1.807, 2.05) is 4.68 Å². The Morgan fingerprint density at radius 3 is 2.93 bits per heavy atom. The van der Waals surface area contributed by atoms with E-state index in [2.05, 4.69) is 18.9 Å². The molecule has 1 aliphatic rings. The van der Waals surface area contributed by atoms with Gasteiger partial charge < -0.3 is 0 Å². The van der Waals surface area contributed by atoms with E-state index in [9.17, 15) is 4.79 Å². The zero-order valence-electron chi connectivity index (χ0n) is 8.79. The topological polar surface area (TPSA) is 34.9 Å². The summed E-state index contributed by atoms with van der Waals surface area (Å²) in [5.41, 5.74) is 3.15. The summed E-state index contributed by atoms with van der Waals surface area (Å²) in [4.78, 5) is 11.0. The summed E-state index contributed by atoms with van der Waals surface area (Å²) in [6, 6.07) is 0. The Morgan fingerprint density at radius 1 is 1.50 bits per heavy atom. The largest absolute Gasteiger partial charge is 0.296 e. The number of nitrogens with zero attached hydrogens (tertiary/aromatic N) is 2. The molecule has 0 aliphatic heterocycles. The van der Waals surface area contributed by atoms with Crippen LogP contribution in [0, 0.1) is 5.92 Å². The molecule has 0 bridgehead atoms. The van der Waals surface area contributed by atoms with Gasteiger partial charge in [0.25, 0.3) is 0 Å². The van der Waals surface area contributed by atoms with Crippen LogP contribution in [0.5, 0.6) is 0 Å². The minimum Gasteiger partial charge on any atom is -0.296 e. The molecule has 1 aromatic rings. The fraction of sp³-hybridized carbons (Fsp3) is 0.636. The number of hydrogen-bond acceptors (Lipinski definition) is 2. The number of carbonyl (C=O) groups is 1. The van der Waals surface area contributed by atoms with Crippen molar-refractivity contribution in [3.8, 4) is 0 Å². The number of carbonyl (C=O) groups excluding carboxylic acids is 1. The molecule has 0 aromatic carbocycles. The number of rotatable bonds is 3. The second kappa shape index (κ2) is 3.56. The third kappa shape index (κ3) is 1.47. The molecule has 1 aromatic heterocycles. The van der Waals surface area contributed by atoms with Gasteiger partial charge in [-0.15, -0.1) is 0 Å². The summed E-state index contributed by atoms with van der Waals surface area (Å²) >= 11 is 0. The summed E-state index contributed by atoms with van der Waals surface area (Å²) < 4.78 is 1.88. The molecular formula is C11H16N2O. The number of fused-ring (bicyclic) bond motifs is 1. The minimum atomic E-state index is 0.536. The second-order valence-electron chi connectivity index (χ2n) is 4.36.